The summed E-state index contributed by atoms with van der Waals surface area (Å²) in [6.07, 6.45) is 1.41. The lowest BCUT2D eigenvalue weighted by molar-refractivity contribution is 0.425. The molecule has 4 nitrogen and oxygen atoms in total. The second-order valence-corrected chi connectivity index (χ2v) is 3.79. The Morgan fingerprint density at radius 3 is 2.72 bits per heavy atom. The highest BCUT2D eigenvalue weighted by Crippen LogP contribution is 2.24. The van der Waals surface area contributed by atoms with Gasteiger partial charge in [-0.1, -0.05) is 12.1 Å². The van der Waals surface area contributed by atoms with E-state index >= 15 is 0 Å². The molecule has 0 unspecified atom stereocenters. The van der Waals surface area contributed by atoms with Crippen LogP contribution in [0, 0.1) is 18.2 Å². The van der Waals surface area contributed by atoms with Crippen molar-refractivity contribution in [2.75, 3.05) is 0 Å². The van der Waals surface area contributed by atoms with E-state index in [9.17, 15) is 4.39 Å². The number of pyridine rings is 1. The van der Waals surface area contributed by atoms with Gasteiger partial charge in [0.2, 0.25) is 5.88 Å². The third kappa shape index (κ3) is 2.45. The molecule has 18 heavy (non-hydrogen) atoms. The molecule has 5 heteroatoms. The maximum atomic E-state index is 13.7. The van der Waals surface area contributed by atoms with Crippen LogP contribution in [0.15, 0.2) is 36.5 Å². The molecule has 0 aliphatic heterocycles. The highest BCUT2D eigenvalue weighted by molar-refractivity contribution is 5.94. The molecular formula is C13H12FN3O. The number of benzene rings is 1. The number of rotatable bonds is 3. The van der Waals surface area contributed by atoms with Crippen LogP contribution < -0.4 is 10.5 Å². The molecule has 0 saturated carbocycles. The van der Waals surface area contributed by atoms with Gasteiger partial charge < -0.3 is 10.5 Å². The van der Waals surface area contributed by atoms with E-state index < -0.39 is 5.82 Å². The minimum Gasteiger partial charge on any atom is -0.436 e. The van der Waals surface area contributed by atoms with Gasteiger partial charge >= 0.3 is 0 Å². The summed E-state index contributed by atoms with van der Waals surface area (Å²) in [6.45, 7) is 1.66. The van der Waals surface area contributed by atoms with Crippen molar-refractivity contribution in [3.05, 3.63) is 53.5 Å². The summed E-state index contributed by atoms with van der Waals surface area (Å²) in [5, 5.41) is 7.23. The number of halogens is 1. The summed E-state index contributed by atoms with van der Waals surface area (Å²) in [5.41, 5.74) is 6.30. The van der Waals surface area contributed by atoms with E-state index in [-0.39, 0.29) is 17.5 Å². The second-order valence-electron chi connectivity index (χ2n) is 3.79. The Morgan fingerprint density at radius 2 is 2.11 bits per heavy atom. The van der Waals surface area contributed by atoms with Gasteiger partial charge in [0.1, 0.15) is 5.84 Å². The van der Waals surface area contributed by atoms with E-state index in [1.165, 1.54) is 12.3 Å². The Labute approximate surface area is 104 Å². The van der Waals surface area contributed by atoms with Crippen LogP contribution in [0.2, 0.25) is 0 Å². The molecule has 0 saturated heterocycles. The van der Waals surface area contributed by atoms with Gasteiger partial charge in [-0.2, -0.15) is 0 Å². The molecule has 0 aliphatic carbocycles. The van der Waals surface area contributed by atoms with Gasteiger partial charge in [-0.15, -0.1) is 0 Å². The zero-order valence-corrected chi connectivity index (χ0v) is 9.77. The Balaban J connectivity index is 2.24. The van der Waals surface area contributed by atoms with E-state index in [0.29, 0.717) is 11.1 Å². The van der Waals surface area contributed by atoms with E-state index in [1.807, 2.05) is 0 Å². The van der Waals surface area contributed by atoms with Crippen LogP contribution >= 0.6 is 0 Å². The van der Waals surface area contributed by atoms with Crippen LogP contribution in [0.3, 0.4) is 0 Å². The number of ether oxygens (including phenoxy) is 1. The van der Waals surface area contributed by atoms with Crippen molar-refractivity contribution >= 4 is 5.84 Å². The summed E-state index contributed by atoms with van der Waals surface area (Å²) in [5.74, 6) is -0.103. The van der Waals surface area contributed by atoms with E-state index in [0.717, 1.165) is 0 Å². The van der Waals surface area contributed by atoms with Gasteiger partial charge in [-0.05, 0) is 24.6 Å². The Hall–Kier alpha value is -2.43. The summed E-state index contributed by atoms with van der Waals surface area (Å²) in [6, 6.07) is 8.03. The van der Waals surface area contributed by atoms with Gasteiger partial charge in [0.25, 0.3) is 0 Å². The molecule has 1 aromatic heterocycles. The zero-order valence-electron chi connectivity index (χ0n) is 9.77. The number of nitrogen functional groups attached to an aromatic ring is 1. The lowest BCUT2D eigenvalue weighted by Crippen LogP contribution is -2.11. The predicted molar refractivity (Wildman–Crippen MR) is 66.5 cm³/mol. The molecule has 0 atom stereocenters. The van der Waals surface area contributed by atoms with Crippen molar-refractivity contribution in [2.45, 2.75) is 6.92 Å². The summed E-state index contributed by atoms with van der Waals surface area (Å²) in [4.78, 5) is 3.96. The minimum absolute atomic E-state index is 0.0733. The molecule has 0 radical (unpaired) electrons. The predicted octanol–water partition coefficient (Wildman–Crippen LogP) is 2.61. The number of nitrogens with two attached hydrogens (primary N) is 1. The van der Waals surface area contributed by atoms with E-state index in [2.05, 4.69) is 4.98 Å². The first-order valence-corrected chi connectivity index (χ1v) is 5.31. The fraction of sp³-hybridized carbons (Fsp3) is 0.0769. The number of amidine groups is 1. The quantitative estimate of drug-likeness (QED) is 0.645. The van der Waals surface area contributed by atoms with Crippen molar-refractivity contribution in [3.63, 3.8) is 0 Å². The average Bonchev–Trinajstić information content (AvgIpc) is 2.36. The largest absolute Gasteiger partial charge is 0.436 e. The molecular weight excluding hydrogens is 233 g/mol. The minimum atomic E-state index is -0.407. The molecule has 0 bridgehead atoms. The van der Waals surface area contributed by atoms with Crippen molar-refractivity contribution in [2.24, 2.45) is 5.73 Å². The van der Waals surface area contributed by atoms with E-state index in [4.69, 9.17) is 15.9 Å². The molecule has 3 N–H and O–H groups in total. The summed E-state index contributed by atoms with van der Waals surface area (Å²) in [7, 11) is 0. The average molecular weight is 245 g/mol. The normalized spacial score (nSPS) is 10.1. The molecule has 1 heterocycles. The summed E-state index contributed by atoms with van der Waals surface area (Å²) >= 11 is 0. The van der Waals surface area contributed by atoms with Crippen molar-refractivity contribution in [1.82, 2.24) is 4.98 Å². The lowest BCUT2D eigenvalue weighted by Gasteiger charge is -2.07. The topological polar surface area (TPSA) is 72.0 Å². The maximum Gasteiger partial charge on any atom is 0.219 e. The lowest BCUT2D eigenvalue weighted by atomic mass is 10.2. The van der Waals surface area contributed by atoms with Gasteiger partial charge in [0.05, 0.1) is 0 Å². The smallest absolute Gasteiger partial charge is 0.219 e. The van der Waals surface area contributed by atoms with Gasteiger partial charge in [-0.25, -0.2) is 9.37 Å². The molecule has 92 valence electrons. The SMILES string of the molecule is Cc1cccc(Oc2ccc(C(=N)N)cn2)c1F. The molecule has 2 rings (SSSR count). The van der Waals surface area contributed by atoms with Crippen molar-refractivity contribution < 1.29 is 9.13 Å². The second kappa shape index (κ2) is 4.83. The van der Waals surface area contributed by atoms with Gasteiger partial charge in [-0.3, -0.25) is 5.41 Å². The molecule has 1 aromatic carbocycles. The van der Waals surface area contributed by atoms with Gasteiger partial charge in [0, 0.05) is 17.8 Å². The third-order valence-electron chi connectivity index (χ3n) is 2.42. The van der Waals surface area contributed by atoms with Crippen LogP contribution in [-0.4, -0.2) is 10.8 Å². The van der Waals surface area contributed by atoms with Crippen LogP contribution in [0.4, 0.5) is 4.39 Å². The first kappa shape index (κ1) is 12.0. The Kier molecular flexibility index (Phi) is 3.23. The molecule has 0 amide bonds. The Morgan fingerprint density at radius 1 is 1.33 bits per heavy atom. The van der Waals surface area contributed by atoms with Crippen molar-refractivity contribution in [3.8, 4) is 11.6 Å². The number of nitrogens with one attached hydrogen (secondary N) is 1. The number of aromatic nitrogens is 1. The van der Waals surface area contributed by atoms with Crippen LogP contribution in [0.1, 0.15) is 11.1 Å². The molecule has 0 aliphatic rings. The highest BCUT2D eigenvalue weighted by atomic mass is 19.1. The maximum absolute atomic E-state index is 13.7. The van der Waals surface area contributed by atoms with Crippen LogP contribution in [0.25, 0.3) is 0 Å². The van der Waals surface area contributed by atoms with Crippen LogP contribution in [-0.2, 0) is 0 Å². The van der Waals surface area contributed by atoms with E-state index in [1.54, 1.807) is 31.2 Å². The third-order valence-corrected chi connectivity index (χ3v) is 2.42. The number of aryl methyl sites for hydroxylation is 1. The first-order valence-electron chi connectivity index (χ1n) is 5.31. The standard InChI is InChI=1S/C13H12FN3O/c1-8-3-2-4-10(12(8)14)18-11-6-5-9(7-17-11)13(15)16/h2-7H,1H3,(H3,15,16). The number of hydrogen-bond donors (Lipinski definition) is 2. The molecule has 0 spiro atoms. The first-order chi connectivity index (χ1) is 8.58. The van der Waals surface area contributed by atoms with Gasteiger partial charge in [0.15, 0.2) is 11.6 Å². The molecule has 2 aromatic rings. The van der Waals surface area contributed by atoms with Crippen LogP contribution in [0.5, 0.6) is 11.6 Å². The van der Waals surface area contributed by atoms with Crippen molar-refractivity contribution in [1.29, 1.82) is 5.41 Å². The number of nitrogens with zero attached hydrogens (tertiary/aromatic N) is 1. The number of hydrogen-bond acceptors (Lipinski definition) is 3. The highest BCUT2D eigenvalue weighted by Gasteiger charge is 2.07. The zero-order chi connectivity index (χ0) is 13.1. The Bertz CT molecular complexity index is 581. The summed E-state index contributed by atoms with van der Waals surface area (Å²) < 4.78 is 19.0. The monoisotopic (exact) mass is 245 g/mol. The fourth-order valence-electron chi connectivity index (χ4n) is 1.41. The fourth-order valence-corrected chi connectivity index (χ4v) is 1.41. The molecule has 0 fully saturated rings.